The van der Waals surface area contributed by atoms with Crippen molar-refractivity contribution >= 4 is 28.9 Å². The first-order valence-electron chi connectivity index (χ1n) is 13.1. The van der Waals surface area contributed by atoms with Crippen LogP contribution in [0.1, 0.15) is 38.1 Å². The number of hydrogen-bond donors (Lipinski definition) is 3. The molecule has 4 aromatic rings. The number of amides is 2. The summed E-state index contributed by atoms with van der Waals surface area (Å²) in [5.41, 5.74) is 4.94. The fourth-order valence-corrected chi connectivity index (χ4v) is 4.84. The summed E-state index contributed by atoms with van der Waals surface area (Å²) in [7, 11) is 0. The number of anilines is 3. The number of rotatable bonds is 8. The lowest BCUT2D eigenvalue weighted by Gasteiger charge is -2.38. The monoisotopic (exact) mass is 524 g/mol. The zero-order chi connectivity index (χ0) is 27.2. The molecular weight excluding hydrogens is 492 g/mol. The third-order valence-electron chi connectivity index (χ3n) is 6.97. The molecular formula is C31H32N4O4. The van der Waals surface area contributed by atoms with Crippen LogP contribution in [0.2, 0.25) is 0 Å². The number of benzene rings is 3. The second-order valence-electron chi connectivity index (χ2n) is 9.56. The fourth-order valence-electron chi connectivity index (χ4n) is 4.84. The van der Waals surface area contributed by atoms with E-state index in [-0.39, 0.29) is 18.2 Å². The van der Waals surface area contributed by atoms with Gasteiger partial charge in [-0.05, 0) is 54.4 Å². The molecule has 3 aromatic carbocycles. The van der Waals surface area contributed by atoms with Crippen LogP contribution < -0.4 is 20.4 Å². The van der Waals surface area contributed by atoms with Gasteiger partial charge in [0, 0.05) is 44.0 Å². The highest BCUT2D eigenvalue weighted by Gasteiger charge is 2.23. The summed E-state index contributed by atoms with van der Waals surface area (Å²) < 4.78 is 5.27. The highest BCUT2D eigenvalue weighted by molar-refractivity contribution is 6.05. The molecule has 0 bridgehead atoms. The maximum Gasteiger partial charge on any atom is 0.291 e. The second kappa shape index (κ2) is 11.9. The Bertz CT molecular complexity index is 1410. The molecule has 8 heteroatoms. The highest BCUT2D eigenvalue weighted by atomic mass is 16.3. The first kappa shape index (κ1) is 26.1. The van der Waals surface area contributed by atoms with Crippen molar-refractivity contribution in [1.29, 1.82) is 0 Å². The van der Waals surface area contributed by atoms with Crippen molar-refractivity contribution in [1.82, 2.24) is 5.32 Å². The maximum atomic E-state index is 13.0. The van der Waals surface area contributed by atoms with Gasteiger partial charge < -0.3 is 30.0 Å². The lowest BCUT2D eigenvalue weighted by Crippen LogP contribution is -2.47. The Morgan fingerprint density at radius 1 is 0.846 bits per heavy atom. The van der Waals surface area contributed by atoms with Gasteiger partial charge in [0.2, 0.25) is 0 Å². The van der Waals surface area contributed by atoms with Crippen molar-refractivity contribution in [3.63, 3.8) is 0 Å². The molecule has 0 radical (unpaired) electrons. The van der Waals surface area contributed by atoms with Gasteiger partial charge in [-0.25, -0.2) is 0 Å². The average Bonchev–Trinajstić information content (AvgIpc) is 3.52. The largest absolute Gasteiger partial charge is 0.459 e. The van der Waals surface area contributed by atoms with Gasteiger partial charge in [0.15, 0.2) is 5.76 Å². The second-order valence-corrected chi connectivity index (χ2v) is 9.56. The molecule has 0 spiro atoms. The van der Waals surface area contributed by atoms with Crippen molar-refractivity contribution in [2.75, 3.05) is 47.8 Å². The predicted molar refractivity (Wildman–Crippen MR) is 152 cm³/mol. The van der Waals surface area contributed by atoms with Crippen LogP contribution >= 0.6 is 0 Å². The smallest absolute Gasteiger partial charge is 0.291 e. The summed E-state index contributed by atoms with van der Waals surface area (Å²) in [5.74, 6) is -0.544. The Hall–Kier alpha value is -4.56. The quantitative estimate of drug-likeness (QED) is 0.311. The zero-order valence-corrected chi connectivity index (χ0v) is 21.8. The molecule has 1 aromatic heterocycles. The van der Waals surface area contributed by atoms with Gasteiger partial charge in [-0.1, -0.05) is 48.5 Å². The molecule has 5 rings (SSSR count). The molecule has 0 saturated carbocycles. The van der Waals surface area contributed by atoms with E-state index in [1.54, 1.807) is 24.3 Å². The van der Waals surface area contributed by atoms with Crippen LogP contribution in [0.5, 0.6) is 0 Å². The normalized spacial score (nSPS) is 14.1. The van der Waals surface area contributed by atoms with E-state index in [1.807, 2.05) is 42.5 Å². The van der Waals surface area contributed by atoms with Crippen LogP contribution in [0.3, 0.4) is 0 Å². The van der Waals surface area contributed by atoms with E-state index < -0.39 is 12.0 Å². The molecule has 39 heavy (non-hydrogen) atoms. The maximum absolute atomic E-state index is 13.0. The number of piperazine rings is 1. The minimum absolute atomic E-state index is 0.0690. The van der Waals surface area contributed by atoms with Crippen LogP contribution in [-0.2, 0) is 0 Å². The van der Waals surface area contributed by atoms with E-state index in [0.717, 1.165) is 37.4 Å². The van der Waals surface area contributed by atoms with Crippen molar-refractivity contribution in [2.45, 2.75) is 13.0 Å². The number of carbonyl (C=O) groups excluding carboxylic acids is 2. The van der Waals surface area contributed by atoms with Gasteiger partial charge in [-0.2, -0.15) is 0 Å². The van der Waals surface area contributed by atoms with Gasteiger partial charge in [0.05, 0.1) is 23.7 Å². The van der Waals surface area contributed by atoms with E-state index >= 15 is 0 Å². The Labute approximate surface area is 227 Å². The zero-order valence-electron chi connectivity index (χ0n) is 21.8. The van der Waals surface area contributed by atoms with Gasteiger partial charge in [0.25, 0.3) is 11.8 Å². The number of hydrogen-bond acceptors (Lipinski definition) is 6. The molecule has 200 valence electrons. The van der Waals surface area contributed by atoms with E-state index in [4.69, 9.17) is 4.42 Å². The molecule has 1 aliphatic rings. The number of carbonyl (C=O) groups is 2. The number of aryl methyl sites for hydroxylation is 1. The summed E-state index contributed by atoms with van der Waals surface area (Å²) in [6.45, 7) is 5.36. The first-order chi connectivity index (χ1) is 19.0. The van der Waals surface area contributed by atoms with Gasteiger partial charge in [-0.15, -0.1) is 0 Å². The topological polar surface area (TPSA) is 98.0 Å². The Morgan fingerprint density at radius 3 is 2.23 bits per heavy atom. The van der Waals surface area contributed by atoms with Gasteiger partial charge in [-0.3, -0.25) is 9.59 Å². The number of nitrogens with one attached hydrogen (secondary N) is 2. The first-order valence-corrected chi connectivity index (χ1v) is 13.1. The molecule has 0 aliphatic carbocycles. The molecule has 2 amide bonds. The number of aliphatic hydroxyl groups is 1. The van der Waals surface area contributed by atoms with E-state index in [9.17, 15) is 14.7 Å². The van der Waals surface area contributed by atoms with Crippen molar-refractivity contribution < 1.29 is 19.1 Å². The summed E-state index contributed by atoms with van der Waals surface area (Å²) >= 11 is 0. The summed E-state index contributed by atoms with van der Waals surface area (Å²) in [4.78, 5) is 30.4. The third-order valence-corrected chi connectivity index (χ3v) is 6.97. The van der Waals surface area contributed by atoms with Crippen molar-refractivity contribution in [2.24, 2.45) is 0 Å². The number of nitrogens with zero attached hydrogens (tertiary/aromatic N) is 2. The van der Waals surface area contributed by atoms with Gasteiger partial charge in [0.1, 0.15) is 0 Å². The number of aliphatic hydroxyl groups excluding tert-OH is 1. The lowest BCUT2D eigenvalue weighted by molar-refractivity contribution is 0.0915. The third kappa shape index (κ3) is 6.13. The average molecular weight is 525 g/mol. The predicted octanol–water partition coefficient (Wildman–Crippen LogP) is 4.63. The molecule has 3 N–H and O–H groups in total. The van der Waals surface area contributed by atoms with Crippen LogP contribution in [0.4, 0.5) is 17.1 Å². The minimum atomic E-state index is -0.822. The van der Waals surface area contributed by atoms with Crippen LogP contribution in [0, 0.1) is 6.92 Å². The molecule has 2 heterocycles. The summed E-state index contributed by atoms with van der Waals surface area (Å²) in [5, 5.41) is 16.2. The standard InChI is InChI=1S/C31H32N4O4/c1-22-8-5-6-11-26(22)34-15-17-35(18-16-34)27-14-13-24(20-25(27)33-31(38)29-12-7-19-39-29)30(37)32-21-28(36)23-9-3-2-4-10-23/h2-14,19-20,28,36H,15-18,21H2,1H3,(H,32,37)(H,33,38). The Morgan fingerprint density at radius 2 is 1.54 bits per heavy atom. The SMILES string of the molecule is Cc1ccccc1N1CCN(c2ccc(C(=O)NCC(O)c3ccccc3)cc2NC(=O)c2ccco2)CC1. The van der Waals surface area contributed by atoms with Crippen LogP contribution in [0.15, 0.2) is 95.6 Å². The fraction of sp³-hybridized carbons (Fsp3) is 0.226. The van der Waals surface area contributed by atoms with Gasteiger partial charge >= 0.3 is 0 Å². The van der Waals surface area contributed by atoms with E-state index in [0.29, 0.717) is 11.3 Å². The summed E-state index contributed by atoms with van der Waals surface area (Å²) in [6, 6.07) is 26.1. The van der Waals surface area contributed by atoms with Crippen LogP contribution in [-0.4, -0.2) is 49.6 Å². The van der Waals surface area contributed by atoms with Crippen molar-refractivity contribution in [3.8, 4) is 0 Å². The lowest BCUT2D eigenvalue weighted by atomic mass is 10.1. The Kier molecular flexibility index (Phi) is 7.94. The summed E-state index contributed by atoms with van der Waals surface area (Å²) in [6.07, 6.45) is 0.625. The number of para-hydroxylation sites is 1. The van der Waals surface area contributed by atoms with E-state index in [2.05, 4.69) is 45.6 Å². The molecule has 1 fully saturated rings. The van der Waals surface area contributed by atoms with Crippen LogP contribution in [0.25, 0.3) is 0 Å². The van der Waals surface area contributed by atoms with Crippen molar-refractivity contribution in [3.05, 3.63) is 114 Å². The molecule has 1 atom stereocenters. The molecule has 8 nitrogen and oxygen atoms in total. The molecule has 1 unspecified atom stereocenters. The Balaban J connectivity index is 1.33. The highest BCUT2D eigenvalue weighted by Crippen LogP contribution is 2.30. The molecule has 1 aliphatic heterocycles. The minimum Gasteiger partial charge on any atom is -0.459 e. The van der Waals surface area contributed by atoms with E-state index in [1.165, 1.54) is 17.5 Å². The number of furan rings is 1. The molecule has 1 saturated heterocycles.